The first-order chi connectivity index (χ1) is 13.2. The van der Waals surface area contributed by atoms with Gasteiger partial charge in [-0.2, -0.15) is 0 Å². The maximum absolute atomic E-state index is 12.9. The molecule has 0 saturated carbocycles. The lowest BCUT2D eigenvalue weighted by atomic mass is 10.2. The van der Waals surface area contributed by atoms with Gasteiger partial charge in [0, 0.05) is 24.5 Å². The predicted octanol–water partition coefficient (Wildman–Crippen LogP) is 0.443. The second-order valence-electron chi connectivity index (χ2n) is 6.60. The van der Waals surface area contributed by atoms with Crippen LogP contribution in [-0.2, 0) is 4.79 Å². The summed E-state index contributed by atoms with van der Waals surface area (Å²) in [6.45, 7) is 3.56. The summed E-state index contributed by atoms with van der Waals surface area (Å²) in [5, 5.41) is 6.31. The molecule has 1 fully saturated rings. The average molecular weight is 373 g/mol. The topological polar surface area (TPSA) is 89.1 Å². The molecule has 1 aliphatic heterocycles. The molecular weight excluding hydrogens is 348 g/mol. The van der Waals surface area contributed by atoms with Crippen LogP contribution in [0.15, 0.2) is 41.1 Å². The van der Waals surface area contributed by atoms with Crippen molar-refractivity contribution in [3.8, 4) is 5.75 Å². The highest BCUT2D eigenvalue weighted by molar-refractivity contribution is 5.99. The standard InChI is InChI=1S/C19H24N4O4/c1-26-16-6-4-15(5-7-16)19(25)23(12-11-22-9-2-3-10-22)14-18(24)20-17-8-13-27-21-17/h4-8,13H,2-3,9-12,14H2,1H3,(H,20,21,24)/p+1. The molecule has 1 saturated heterocycles. The first-order valence-electron chi connectivity index (χ1n) is 9.13. The third kappa shape index (κ3) is 5.30. The van der Waals surface area contributed by atoms with Crippen molar-refractivity contribution < 1.29 is 23.7 Å². The Morgan fingerprint density at radius 2 is 1.96 bits per heavy atom. The van der Waals surface area contributed by atoms with Crippen LogP contribution < -0.4 is 15.0 Å². The van der Waals surface area contributed by atoms with Crippen LogP contribution in [0.25, 0.3) is 0 Å². The maximum Gasteiger partial charge on any atom is 0.254 e. The van der Waals surface area contributed by atoms with E-state index in [9.17, 15) is 9.59 Å². The SMILES string of the molecule is COc1ccc(C(=O)N(CC[NH+]2CCCC2)CC(=O)Nc2ccon2)cc1. The van der Waals surface area contributed by atoms with Gasteiger partial charge in [0.2, 0.25) is 5.91 Å². The lowest BCUT2D eigenvalue weighted by molar-refractivity contribution is -0.886. The van der Waals surface area contributed by atoms with E-state index in [1.807, 2.05) is 0 Å². The highest BCUT2D eigenvalue weighted by atomic mass is 16.5. The summed E-state index contributed by atoms with van der Waals surface area (Å²) in [5.41, 5.74) is 0.529. The van der Waals surface area contributed by atoms with E-state index >= 15 is 0 Å². The number of carbonyl (C=O) groups excluding carboxylic acids is 2. The van der Waals surface area contributed by atoms with Gasteiger partial charge in [-0.25, -0.2) is 0 Å². The van der Waals surface area contributed by atoms with E-state index in [0.717, 1.165) is 19.6 Å². The summed E-state index contributed by atoms with van der Waals surface area (Å²) < 4.78 is 9.85. The second kappa shape index (κ2) is 9.18. The zero-order valence-electron chi connectivity index (χ0n) is 15.4. The van der Waals surface area contributed by atoms with Crippen molar-refractivity contribution in [3.63, 3.8) is 0 Å². The average Bonchev–Trinajstić information content (AvgIpc) is 3.38. The third-order valence-electron chi connectivity index (χ3n) is 4.71. The number of carbonyl (C=O) groups is 2. The van der Waals surface area contributed by atoms with Crippen molar-refractivity contribution in [1.29, 1.82) is 0 Å². The van der Waals surface area contributed by atoms with Gasteiger partial charge in [0.25, 0.3) is 5.91 Å². The van der Waals surface area contributed by atoms with Crippen LogP contribution in [-0.4, -0.2) is 61.7 Å². The maximum atomic E-state index is 12.9. The van der Waals surface area contributed by atoms with Gasteiger partial charge in [-0.15, -0.1) is 0 Å². The third-order valence-corrected chi connectivity index (χ3v) is 4.71. The molecule has 2 amide bonds. The van der Waals surface area contributed by atoms with Gasteiger partial charge in [-0.05, 0) is 24.3 Å². The molecule has 0 spiro atoms. The van der Waals surface area contributed by atoms with Crippen LogP contribution >= 0.6 is 0 Å². The van der Waals surface area contributed by atoms with Crippen molar-refractivity contribution in [2.24, 2.45) is 0 Å². The highest BCUT2D eigenvalue weighted by Gasteiger charge is 2.23. The number of benzene rings is 1. The molecule has 0 unspecified atom stereocenters. The first kappa shape index (κ1) is 18.9. The number of amides is 2. The summed E-state index contributed by atoms with van der Waals surface area (Å²) in [4.78, 5) is 28.3. The van der Waals surface area contributed by atoms with Gasteiger partial charge in [-0.1, -0.05) is 5.16 Å². The Balaban J connectivity index is 1.66. The Labute approximate surface area is 158 Å². The van der Waals surface area contributed by atoms with E-state index in [4.69, 9.17) is 9.26 Å². The Kier molecular flexibility index (Phi) is 6.43. The Morgan fingerprint density at radius 3 is 2.59 bits per heavy atom. The minimum atomic E-state index is -0.304. The zero-order valence-corrected chi connectivity index (χ0v) is 15.4. The Morgan fingerprint density at radius 1 is 1.22 bits per heavy atom. The molecule has 1 aliphatic rings. The van der Waals surface area contributed by atoms with Crippen LogP contribution in [0.4, 0.5) is 5.82 Å². The van der Waals surface area contributed by atoms with Crippen LogP contribution in [0.2, 0.25) is 0 Å². The molecule has 2 heterocycles. The second-order valence-corrected chi connectivity index (χ2v) is 6.60. The van der Waals surface area contributed by atoms with Crippen LogP contribution in [0.5, 0.6) is 5.75 Å². The summed E-state index contributed by atoms with van der Waals surface area (Å²) >= 11 is 0. The monoisotopic (exact) mass is 373 g/mol. The zero-order chi connectivity index (χ0) is 19.1. The smallest absolute Gasteiger partial charge is 0.254 e. The fourth-order valence-electron chi connectivity index (χ4n) is 3.22. The van der Waals surface area contributed by atoms with Gasteiger partial charge in [0.1, 0.15) is 18.6 Å². The van der Waals surface area contributed by atoms with Gasteiger partial charge in [0.05, 0.1) is 33.3 Å². The van der Waals surface area contributed by atoms with E-state index in [0.29, 0.717) is 23.7 Å². The van der Waals surface area contributed by atoms with Gasteiger partial charge >= 0.3 is 0 Å². The number of rotatable bonds is 8. The van der Waals surface area contributed by atoms with Crippen molar-refractivity contribution in [2.75, 3.05) is 45.2 Å². The number of quaternary nitrogens is 1. The molecule has 1 aromatic heterocycles. The van der Waals surface area contributed by atoms with Crippen molar-refractivity contribution >= 4 is 17.6 Å². The minimum Gasteiger partial charge on any atom is -0.497 e. The number of anilines is 1. The number of nitrogens with one attached hydrogen (secondary N) is 2. The molecule has 0 aliphatic carbocycles. The molecule has 144 valence electrons. The molecule has 3 rings (SSSR count). The van der Waals surface area contributed by atoms with Gasteiger partial charge in [-0.3, -0.25) is 9.59 Å². The molecule has 0 radical (unpaired) electrons. The van der Waals surface area contributed by atoms with Gasteiger partial charge < -0.3 is 24.4 Å². The molecule has 1 aromatic carbocycles. The van der Waals surface area contributed by atoms with E-state index in [-0.39, 0.29) is 18.4 Å². The molecule has 27 heavy (non-hydrogen) atoms. The molecule has 0 bridgehead atoms. The van der Waals surface area contributed by atoms with E-state index in [1.165, 1.54) is 24.0 Å². The summed E-state index contributed by atoms with van der Waals surface area (Å²) in [7, 11) is 1.58. The minimum absolute atomic E-state index is 0.0367. The number of likely N-dealkylation sites (tertiary alicyclic amines) is 1. The summed E-state index contributed by atoms with van der Waals surface area (Å²) in [6.07, 6.45) is 3.81. The number of hydrogen-bond acceptors (Lipinski definition) is 5. The number of nitrogens with zero attached hydrogens (tertiary/aromatic N) is 2. The lowest BCUT2D eigenvalue weighted by Gasteiger charge is -2.23. The largest absolute Gasteiger partial charge is 0.497 e. The number of hydrogen-bond donors (Lipinski definition) is 2. The van der Waals surface area contributed by atoms with E-state index in [2.05, 4.69) is 10.5 Å². The molecule has 8 nitrogen and oxygen atoms in total. The van der Waals surface area contributed by atoms with Gasteiger partial charge in [0.15, 0.2) is 5.82 Å². The molecule has 2 aromatic rings. The number of ether oxygens (including phenoxy) is 1. The molecule has 2 N–H and O–H groups in total. The molecule has 8 heteroatoms. The fourth-order valence-corrected chi connectivity index (χ4v) is 3.22. The Hall–Kier alpha value is -2.87. The first-order valence-corrected chi connectivity index (χ1v) is 9.13. The fraction of sp³-hybridized carbons (Fsp3) is 0.421. The van der Waals surface area contributed by atoms with E-state index < -0.39 is 0 Å². The molecule has 0 atom stereocenters. The van der Waals surface area contributed by atoms with Crippen LogP contribution in [0, 0.1) is 0 Å². The van der Waals surface area contributed by atoms with Crippen molar-refractivity contribution in [1.82, 2.24) is 10.1 Å². The number of aromatic nitrogens is 1. The van der Waals surface area contributed by atoms with Crippen LogP contribution in [0.3, 0.4) is 0 Å². The highest BCUT2D eigenvalue weighted by Crippen LogP contribution is 2.13. The van der Waals surface area contributed by atoms with Crippen molar-refractivity contribution in [2.45, 2.75) is 12.8 Å². The lowest BCUT2D eigenvalue weighted by Crippen LogP contribution is -3.10. The number of methoxy groups -OCH3 is 1. The molecular formula is C19H25N4O4+. The normalized spacial score (nSPS) is 14.1. The van der Waals surface area contributed by atoms with Crippen LogP contribution in [0.1, 0.15) is 23.2 Å². The van der Waals surface area contributed by atoms with Crippen molar-refractivity contribution in [3.05, 3.63) is 42.2 Å². The predicted molar refractivity (Wildman–Crippen MR) is 98.8 cm³/mol. The summed E-state index contributed by atoms with van der Waals surface area (Å²) in [5.74, 6) is 0.541. The van der Waals surface area contributed by atoms with E-state index in [1.54, 1.807) is 42.3 Å². The summed E-state index contributed by atoms with van der Waals surface area (Å²) in [6, 6.07) is 8.47. The Bertz CT molecular complexity index is 740. The quantitative estimate of drug-likeness (QED) is 0.701.